The summed E-state index contributed by atoms with van der Waals surface area (Å²) in [5.74, 6) is -2.62. The van der Waals surface area contributed by atoms with Crippen molar-refractivity contribution in [2.24, 2.45) is 0 Å². The highest BCUT2D eigenvalue weighted by molar-refractivity contribution is 5.26. The summed E-state index contributed by atoms with van der Waals surface area (Å²) in [7, 11) is 0. The van der Waals surface area contributed by atoms with Crippen molar-refractivity contribution in [2.75, 3.05) is 6.54 Å². The number of halogens is 2. The van der Waals surface area contributed by atoms with E-state index in [2.05, 4.69) is 5.32 Å². The first-order chi connectivity index (χ1) is 8.08. The van der Waals surface area contributed by atoms with Gasteiger partial charge in [0, 0.05) is 6.42 Å². The molecule has 0 amide bonds. The van der Waals surface area contributed by atoms with E-state index >= 15 is 0 Å². The number of hydrogen-bond acceptors (Lipinski definition) is 2. The quantitative estimate of drug-likeness (QED) is 0.852. The second-order valence-electron chi connectivity index (χ2n) is 4.61. The van der Waals surface area contributed by atoms with Gasteiger partial charge in [-0.1, -0.05) is 18.6 Å². The van der Waals surface area contributed by atoms with Crippen LogP contribution in [-0.2, 0) is 6.42 Å². The lowest BCUT2D eigenvalue weighted by Gasteiger charge is -2.31. The molecular formula is C13H17F2NO. The van der Waals surface area contributed by atoms with Crippen LogP contribution in [0.15, 0.2) is 24.3 Å². The van der Waals surface area contributed by atoms with Gasteiger partial charge in [0.05, 0.1) is 6.04 Å². The summed E-state index contributed by atoms with van der Waals surface area (Å²) in [6, 6.07) is 5.27. The van der Waals surface area contributed by atoms with E-state index in [-0.39, 0.29) is 12.2 Å². The number of hydrogen-bond donors (Lipinski definition) is 2. The molecule has 1 atom stereocenters. The molecule has 1 unspecified atom stereocenters. The van der Waals surface area contributed by atoms with Crippen LogP contribution in [0.3, 0.4) is 0 Å². The maximum absolute atomic E-state index is 14.0. The number of piperidine rings is 1. The SMILES string of the molecule is Oc1ccc(CC(F)(F)C2CCCCN2)cc1. The third kappa shape index (κ3) is 3.16. The monoisotopic (exact) mass is 241 g/mol. The highest BCUT2D eigenvalue weighted by atomic mass is 19.3. The fourth-order valence-corrected chi connectivity index (χ4v) is 2.22. The Balaban J connectivity index is 2.02. The van der Waals surface area contributed by atoms with Gasteiger partial charge in [-0.05, 0) is 37.1 Å². The molecular weight excluding hydrogens is 224 g/mol. The van der Waals surface area contributed by atoms with Crippen LogP contribution in [0, 0.1) is 0 Å². The van der Waals surface area contributed by atoms with Crippen LogP contribution in [0.4, 0.5) is 8.78 Å². The standard InChI is InChI=1S/C13H17F2NO/c14-13(15,12-3-1-2-8-16-12)9-10-4-6-11(17)7-5-10/h4-7,12,16-17H,1-3,8-9H2. The zero-order valence-electron chi connectivity index (χ0n) is 9.63. The predicted octanol–water partition coefficient (Wildman–Crippen LogP) is 2.71. The molecule has 1 heterocycles. The molecule has 2 rings (SSSR count). The minimum absolute atomic E-state index is 0.104. The van der Waals surface area contributed by atoms with Crippen LogP contribution < -0.4 is 5.32 Å². The lowest BCUT2D eigenvalue weighted by Crippen LogP contribution is -2.48. The number of rotatable bonds is 3. The van der Waals surface area contributed by atoms with E-state index in [9.17, 15) is 8.78 Å². The molecule has 0 saturated carbocycles. The summed E-state index contributed by atoms with van der Waals surface area (Å²) < 4.78 is 27.9. The molecule has 1 aromatic rings. The van der Waals surface area contributed by atoms with Gasteiger partial charge in [-0.15, -0.1) is 0 Å². The third-order valence-electron chi connectivity index (χ3n) is 3.20. The minimum atomic E-state index is -2.72. The van der Waals surface area contributed by atoms with Crippen LogP contribution in [0.25, 0.3) is 0 Å². The Morgan fingerprint density at radius 1 is 1.24 bits per heavy atom. The van der Waals surface area contributed by atoms with Crippen molar-refractivity contribution >= 4 is 0 Å². The number of nitrogens with one attached hydrogen (secondary N) is 1. The molecule has 0 aromatic heterocycles. The van der Waals surface area contributed by atoms with Crippen LogP contribution in [0.2, 0.25) is 0 Å². The van der Waals surface area contributed by atoms with Crippen molar-refractivity contribution in [3.8, 4) is 5.75 Å². The van der Waals surface area contributed by atoms with Gasteiger partial charge < -0.3 is 10.4 Å². The molecule has 0 bridgehead atoms. The van der Waals surface area contributed by atoms with E-state index in [1.165, 1.54) is 12.1 Å². The zero-order chi connectivity index (χ0) is 12.3. The molecule has 2 N–H and O–H groups in total. The highest BCUT2D eigenvalue weighted by Crippen LogP contribution is 2.29. The van der Waals surface area contributed by atoms with E-state index in [1.54, 1.807) is 12.1 Å². The summed E-state index contributed by atoms with van der Waals surface area (Å²) in [5, 5.41) is 12.0. The fourth-order valence-electron chi connectivity index (χ4n) is 2.22. The smallest absolute Gasteiger partial charge is 0.267 e. The predicted molar refractivity (Wildman–Crippen MR) is 62.4 cm³/mol. The third-order valence-corrected chi connectivity index (χ3v) is 3.20. The van der Waals surface area contributed by atoms with Gasteiger partial charge in [-0.2, -0.15) is 0 Å². The summed E-state index contributed by atoms with van der Waals surface area (Å²) >= 11 is 0. The van der Waals surface area contributed by atoms with Crippen LogP contribution in [-0.4, -0.2) is 23.6 Å². The Kier molecular flexibility index (Phi) is 3.62. The van der Waals surface area contributed by atoms with Crippen molar-refractivity contribution in [3.63, 3.8) is 0 Å². The van der Waals surface area contributed by atoms with Crippen molar-refractivity contribution in [1.29, 1.82) is 0 Å². The van der Waals surface area contributed by atoms with E-state index in [0.717, 1.165) is 12.8 Å². The Morgan fingerprint density at radius 3 is 2.53 bits per heavy atom. The zero-order valence-corrected chi connectivity index (χ0v) is 9.63. The molecule has 94 valence electrons. The van der Waals surface area contributed by atoms with E-state index < -0.39 is 12.0 Å². The number of phenolic OH excluding ortho intramolecular Hbond substituents is 1. The lowest BCUT2D eigenvalue weighted by molar-refractivity contribution is -0.0441. The topological polar surface area (TPSA) is 32.3 Å². The maximum atomic E-state index is 14.0. The molecule has 17 heavy (non-hydrogen) atoms. The molecule has 2 nitrogen and oxygen atoms in total. The second-order valence-corrected chi connectivity index (χ2v) is 4.61. The Hall–Kier alpha value is -1.16. The number of benzene rings is 1. The number of phenols is 1. The second kappa shape index (κ2) is 5.00. The highest BCUT2D eigenvalue weighted by Gasteiger charge is 2.39. The molecule has 0 radical (unpaired) electrons. The van der Waals surface area contributed by atoms with E-state index in [1.807, 2.05) is 0 Å². The van der Waals surface area contributed by atoms with Crippen molar-refractivity contribution in [3.05, 3.63) is 29.8 Å². The molecule has 1 aliphatic rings. The summed E-state index contributed by atoms with van der Waals surface area (Å²) in [6.45, 7) is 0.676. The maximum Gasteiger partial charge on any atom is 0.267 e. The van der Waals surface area contributed by atoms with Gasteiger partial charge in [-0.25, -0.2) is 8.78 Å². The molecule has 0 aliphatic carbocycles. The molecule has 1 saturated heterocycles. The van der Waals surface area contributed by atoms with Gasteiger partial charge in [0.1, 0.15) is 5.75 Å². The Morgan fingerprint density at radius 2 is 1.94 bits per heavy atom. The van der Waals surface area contributed by atoms with Crippen molar-refractivity contribution in [2.45, 2.75) is 37.6 Å². The van der Waals surface area contributed by atoms with Gasteiger partial charge in [-0.3, -0.25) is 0 Å². The van der Waals surface area contributed by atoms with Gasteiger partial charge in [0.2, 0.25) is 0 Å². The summed E-state index contributed by atoms with van der Waals surface area (Å²) in [6.07, 6.45) is 2.10. The molecule has 0 spiro atoms. The Bertz CT molecular complexity index is 358. The van der Waals surface area contributed by atoms with Gasteiger partial charge in [0.15, 0.2) is 0 Å². The molecule has 1 aliphatic heterocycles. The molecule has 1 aromatic carbocycles. The first-order valence-corrected chi connectivity index (χ1v) is 5.97. The fraction of sp³-hybridized carbons (Fsp3) is 0.538. The molecule has 4 heteroatoms. The molecule has 1 fully saturated rings. The number of alkyl halides is 2. The minimum Gasteiger partial charge on any atom is -0.508 e. The van der Waals surface area contributed by atoms with Crippen LogP contribution in [0.5, 0.6) is 5.75 Å². The van der Waals surface area contributed by atoms with Crippen LogP contribution in [0.1, 0.15) is 24.8 Å². The average molecular weight is 241 g/mol. The Labute approximate surface area is 99.7 Å². The van der Waals surface area contributed by atoms with E-state index in [0.29, 0.717) is 18.5 Å². The largest absolute Gasteiger partial charge is 0.508 e. The van der Waals surface area contributed by atoms with Crippen molar-refractivity contribution in [1.82, 2.24) is 5.32 Å². The summed E-state index contributed by atoms with van der Waals surface area (Å²) in [5.41, 5.74) is 0.556. The summed E-state index contributed by atoms with van der Waals surface area (Å²) in [4.78, 5) is 0. The van der Waals surface area contributed by atoms with Crippen LogP contribution >= 0.6 is 0 Å². The first kappa shape index (κ1) is 12.3. The lowest BCUT2D eigenvalue weighted by atomic mass is 9.94. The number of aromatic hydroxyl groups is 1. The van der Waals surface area contributed by atoms with E-state index in [4.69, 9.17) is 5.11 Å². The van der Waals surface area contributed by atoms with Gasteiger partial charge >= 0.3 is 0 Å². The van der Waals surface area contributed by atoms with Crippen molar-refractivity contribution < 1.29 is 13.9 Å². The van der Waals surface area contributed by atoms with Gasteiger partial charge in [0.25, 0.3) is 5.92 Å². The average Bonchev–Trinajstić information content (AvgIpc) is 2.33. The normalized spacial score (nSPS) is 21.4. The first-order valence-electron chi connectivity index (χ1n) is 5.97.